The van der Waals surface area contributed by atoms with Crippen molar-refractivity contribution in [1.82, 2.24) is 20.1 Å². The summed E-state index contributed by atoms with van der Waals surface area (Å²) in [6, 6.07) is 9.95. The van der Waals surface area contributed by atoms with Gasteiger partial charge in [0.15, 0.2) is 5.82 Å². The first kappa shape index (κ1) is 19.5. The fourth-order valence-corrected chi connectivity index (χ4v) is 2.92. The summed E-state index contributed by atoms with van der Waals surface area (Å²) >= 11 is 0. The average molecular weight is 384 g/mol. The Kier molecular flexibility index (Phi) is 5.70. The lowest BCUT2D eigenvalue weighted by Gasteiger charge is -2.13. The second-order valence-corrected chi connectivity index (χ2v) is 6.72. The second-order valence-electron chi connectivity index (χ2n) is 6.72. The number of hydrogen-bond acceptors (Lipinski definition) is 6. The number of H-pyrrole nitrogens is 1. The van der Waals surface area contributed by atoms with Crippen LogP contribution in [0.1, 0.15) is 25.3 Å². The summed E-state index contributed by atoms with van der Waals surface area (Å²) < 4.78 is 6.97. The Morgan fingerprint density at radius 3 is 2.54 bits per heavy atom. The standard InChI is InChI=1S/C20H24N4O4/c1-12(2)15-10-16(18(26)11-17(15)25)19-22-23-20(27)24(19)13-4-6-14(7-5-13)28-9-8-21-3/h4-7,10-12,21,25-26H,8-9H2,1-3H3,(H,23,27). The molecule has 2 aromatic carbocycles. The molecule has 8 nitrogen and oxygen atoms in total. The zero-order chi connectivity index (χ0) is 20.3. The number of nitrogens with one attached hydrogen (secondary N) is 2. The van der Waals surface area contributed by atoms with E-state index in [9.17, 15) is 15.0 Å². The maximum absolute atomic E-state index is 12.4. The van der Waals surface area contributed by atoms with Crippen LogP contribution < -0.4 is 15.7 Å². The molecule has 28 heavy (non-hydrogen) atoms. The quantitative estimate of drug-likeness (QED) is 0.465. The zero-order valence-electron chi connectivity index (χ0n) is 16.1. The summed E-state index contributed by atoms with van der Waals surface area (Å²) in [4.78, 5) is 12.4. The number of aromatic amines is 1. The molecule has 3 aromatic rings. The highest BCUT2D eigenvalue weighted by molar-refractivity contribution is 5.69. The van der Waals surface area contributed by atoms with Gasteiger partial charge in [0.25, 0.3) is 0 Å². The number of rotatable bonds is 7. The lowest BCUT2D eigenvalue weighted by molar-refractivity contribution is 0.318. The van der Waals surface area contributed by atoms with Gasteiger partial charge in [0.1, 0.15) is 23.9 Å². The van der Waals surface area contributed by atoms with Gasteiger partial charge in [0.2, 0.25) is 0 Å². The average Bonchev–Trinajstić information content (AvgIpc) is 3.03. The van der Waals surface area contributed by atoms with Gasteiger partial charge in [-0.15, -0.1) is 0 Å². The largest absolute Gasteiger partial charge is 0.508 e. The first-order valence-electron chi connectivity index (χ1n) is 9.04. The van der Waals surface area contributed by atoms with Gasteiger partial charge < -0.3 is 20.3 Å². The van der Waals surface area contributed by atoms with Crippen LogP contribution in [0.5, 0.6) is 17.2 Å². The Bertz CT molecular complexity index is 1010. The number of phenols is 2. The molecule has 0 bridgehead atoms. The van der Waals surface area contributed by atoms with Crippen molar-refractivity contribution in [2.45, 2.75) is 19.8 Å². The van der Waals surface area contributed by atoms with Gasteiger partial charge in [-0.3, -0.25) is 0 Å². The molecular weight excluding hydrogens is 360 g/mol. The van der Waals surface area contributed by atoms with Crippen LogP contribution in [0.15, 0.2) is 41.2 Å². The van der Waals surface area contributed by atoms with Crippen LogP contribution in [0.25, 0.3) is 17.1 Å². The normalized spacial score (nSPS) is 11.1. The maximum Gasteiger partial charge on any atom is 0.348 e. The van der Waals surface area contributed by atoms with Gasteiger partial charge in [0, 0.05) is 12.6 Å². The van der Waals surface area contributed by atoms with E-state index in [0.717, 1.165) is 6.54 Å². The molecule has 0 amide bonds. The molecule has 0 spiro atoms. The van der Waals surface area contributed by atoms with Crippen LogP contribution in [0.4, 0.5) is 0 Å². The molecule has 0 unspecified atom stereocenters. The minimum atomic E-state index is -0.433. The SMILES string of the molecule is CNCCOc1ccc(-n2c(-c3cc(C(C)C)c(O)cc3O)n[nH]c2=O)cc1. The van der Waals surface area contributed by atoms with E-state index in [4.69, 9.17) is 4.74 Å². The van der Waals surface area contributed by atoms with Crippen molar-refractivity contribution in [3.63, 3.8) is 0 Å². The number of aromatic hydroxyl groups is 2. The van der Waals surface area contributed by atoms with Gasteiger partial charge >= 0.3 is 5.69 Å². The van der Waals surface area contributed by atoms with Crippen molar-refractivity contribution < 1.29 is 14.9 Å². The Labute approximate surface area is 162 Å². The third-order valence-electron chi connectivity index (χ3n) is 4.40. The van der Waals surface area contributed by atoms with E-state index in [1.807, 2.05) is 20.9 Å². The monoisotopic (exact) mass is 384 g/mol. The van der Waals surface area contributed by atoms with Crippen LogP contribution in [0.3, 0.4) is 0 Å². The van der Waals surface area contributed by atoms with Gasteiger partial charge in [-0.05, 0) is 48.9 Å². The van der Waals surface area contributed by atoms with E-state index in [2.05, 4.69) is 15.5 Å². The Morgan fingerprint density at radius 1 is 1.18 bits per heavy atom. The third-order valence-corrected chi connectivity index (χ3v) is 4.40. The number of hydrogen-bond donors (Lipinski definition) is 4. The molecule has 148 valence electrons. The number of nitrogens with zero attached hydrogens (tertiary/aromatic N) is 2. The van der Waals surface area contributed by atoms with E-state index in [1.54, 1.807) is 30.3 Å². The smallest absolute Gasteiger partial charge is 0.348 e. The van der Waals surface area contributed by atoms with E-state index < -0.39 is 5.69 Å². The first-order chi connectivity index (χ1) is 13.4. The van der Waals surface area contributed by atoms with Gasteiger partial charge in [0.05, 0.1) is 11.3 Å². The lowest BCUT2D eigenvalue weighted by Crippen LogP contribution is -2.16. The fourth-order valence-electron chi connectivity index (χ4n) is 2.92. The molecule has 0 radical (unpaired) electrons. The predicted molar refractivity (Wildman–Crippen MR) is 106 cm³/mol. The fraction of sp³-hybridized carbons (Fsp3) is 0.300. The predicted octanol–water partition coefficient (Wildman–Crippen LogP) is 2.36. The Balaban J connectivity index is 2.02. The number of ether oxygens (including phenoxy) is 1. The van der Waals surface area contributed by atoms with E-state index in [1.165, 1.54) is 10.6 Å². The maximum atomic E-state index is 12.4. The van der Waals surface area contributed by atoms with E-state index in [0.29, 0.717) is 29.2 Å². The van der Waals surface area contributed by atoms with Gasteiger partial charge in [-0.1, -0.05) is 13.8 Å². The number of likely N-dealkylation sites (N-methyl/N-ethyl adjacent to an activating group) is 1. The molecule has 4 N–H and O–H groups in total. The minimum absolute atomic E-state index is 0.00348. The summed E-state index contributed by atoms with van der Waals surface area (Å²) in [6.45, 7) is 5.12. The Hall–Kier alpha value is -3.26. The third kappa shape index (κ3) is 3.86. The van der Waals surface area contributed by atoms with E-state index in [-0.39, 0.29) is 23.2 Å². The summed E-state index contributed by atoms with van der Waals surface area (Å²) in [5.74, 6) is 0.824. The molecular formula is C20H24N4O4. The van der Waals surface area contributed by atoms with Crippen molar-refractivity contribution in [3.8, 4) is 34.3 Å². The highest BCUT2D eigenvalue weighted by Crippen LogP contribution is 2.37. The van der Waals surface area contributed by atoms with Crippen LogP contribution in [-0.4, -0.2) is 45.2 Å². The molecule has 0 aliphatic carbocycles. The number of aromatic nitrogens is 3. The van der Waals surface area contributed by atoms with Crippen LogP contribution in [0, 0.1) is 0 Å². The molecule has 1 aromatic heterocycles. The molecule has 0 aliphatic rings. The molecule has 8 heteroatoms. The van der Waals surface area contributed by atoms with Gasteiger partial charge in [-0.2, -0.15) is 5.10 Å². The van der Waals surface area contributed by atoms with E-state index >= 15 is 0 Å². The highest BCUT2D eigenvalue weighted by atomic mass is 16.5. The summed E-state index contributed by atoms with van der Waals surface area (Å²) in [7, 11) is 1.85. The summed E-state index contributed by atoms with van der Waals surface area (Å²) in [6.07, 6.45) is 0. The van der Waals surface area contributed by atoms with Crippen LogP contribution in [-0.2, 0) is 0 Å². The van der Waals surface area contributed by atoms with Crippen molar-refractivity contribution in [2.75, 3.05) is 20.2 Å². The summed E-state index contributed by atoms with van der Waals surface area (Å²) in [5, 5.41) is 29.9. The zero-order valence-corrected chi connectivity index (χ0v) is 16.1. The van der Waals surface area contributed by atoms with Crippen molar-refractivity contribution in [2.24, 2.45) is 0 Å². The molecule has 0 saturated carbocycles. The van der Waals surface area contributed by atoms with Gasteiger partial charge in [-0.25, -0.2) is 14.5 Å². The molecule has 0 atom stereocenters. The topological polar surface area (TPSA) is 112 Å². The first-order valence-corrected chi connectivity index (χ1v) is 9.04. The number of phenolic OH excluding ortho intramolecular Hbond substituents is 2. The van der Waals surface area contributed by atoms with Crippen molar-refractivity contribution in [3.05, 3.63) is 52.4 Å². The van der Waals surface area contributed by atoms with Crippen molar-refractivity contribution >= 4 is 0 Å². The molecule has 0 fully saturated rings. The van der Waals surface area contributed by atoms with Crippen molar-refractivity contribution in [1.29, 1.82) is 0 Å². The molecule has 1 heterocycles. The molecule has 0 aliphatic heterocycles. The lowest BCUT2D eigenvalue weighted by atomic mass is 9.98. The minimum Gasteiger partial charge on any atom is -0.508 e. The molecule has 3 rings (SSSR count). The summed E-state index contributed by atoms with van der Waals surface area (Å²) in [5.41, 5.74) is 1.16. The van der Waals surface area contributed by atoms with Crippen LogP contribution >= 0.6 is 0 Å². The van der Waals surface area contributed by atoms with Crippen LogP contribution in [0.2, 0.25) is 0 Å². The second kappa shape index (κ2) is 8.18. The Morgan fingerprint density at radius 2 is 1.89 bits per heavy atom. The molecule has 0 saturated heterocycles. The highest BCUT2D eigenvalue weighted by Gasteiger charge is 2.19. The number of benzene rings is 2.